The van der Waals surface area contributed by atoms with Crippen molar-refractivity contribution in [3.8, 4) is 5.75 Å². The standard InChI is InChI=1S/C12H15N3O/c1-3-16-11-6-4-5-9-10(15-13)7-8(2)14-12(9)11/h4-7H,3,13H2,1-2H3,(H,14,15). The molecule has 0 saturated heterocycles. The molecule has 0 aliphatic rings. The van der Waals surface area contributed by atoms with Gasteiger partial charge in [0.05, 0.1) is 12.3 Å². The third-order valence-corrected chi connectivity index (χ3v) is 2.39. The van der Waals surface area contributed by atoms with Crippen LogP contribution in [0.15, 0.2) is 24.3 Å². The third-order valence-electron chi connectivity index (χ3n) is 2.39. The number of nitrogens with two attached hydrogens (primary N) is 1. The van der Waals surface area contributed by atoms with E-state index in [9.17, 15) is 0 Å². The molecule has 0 bridgehead atoms. The minimum atomic E-state index is 0.625. The number of rotatable bonds is 3. The second-order valence-electron chi connectivity index (χ2n) is 3.54. The molecule has 0 aliphatic carbocycles. The number of hydrogen-bond acceptors (Lipinski definition) is 4. The molecule has 1 heterocycles. The van der Waals surface area contributed by atoms with Crippen LogP contribution in [0.2, 0.25) is 0 Å². The molecule has 3 N–H and O–H groups in total. The molecular formula is C12H15N3O. The fourth-order valence-electron chi connectivity index (χ4n) is 1.74. The van der Waals surface area contributed by atoms with Crippen molar-refractivity contribution in [1.82, 2.24) is 4.98 Å². The van der Waals surface area contributed by atoms with E-state index in [1.807, 2.05) is 38.1 Å². The first-order chi connectivity index (χ1) is 7.76. The highest BCUT2D eigenvalue weighted by atomic mass is 16.5. The van der Waals surface area contributed by atoms with E-state index in [1.165, 1.54) is 0 Å². The van der Waals surface area contributed by atoms with Crippen LogP contribution in [0.1, 0.15) is 12.6 Å². The molecule has 0 atom stereocenters. The lowest BCUT2D eigenvalue weighted by Gasteiger charge is -2.10. The van der Waals surface area contributed by atoms with Crippen molar-refractivity contribution in [1.29, 1.82) is 0 Å². The average molecular weight is 217 g/mol. The summed E-state index contributed by atoms with van der Waals surface area (Å²) >= 11 is 0. The van der Waals surface area contributed by atoms with Crippen LogP contribution in [-0.2, 0) is 0 Å². The molecule has 0 fully saturated rings. The number of aryl methyl sites for hydroxylation is 1. The first kappa shape index (κ1) is 10.7. The molecule has 84 valence electrons. The van der Waals surface area contributed by atoms with Gasteiger partial charge in [-0.15, -0.1) is 0 Å². The van der Waals surface area contributed by atoms with Crippen molar-refractivity contribution >= 4 is 16.6 Å². The number of ether oxygens (including phenoxy) is 1. The number of pyridine rings is 1. The van der Waals surface area contributed by atoms with Crippen molar-refractivity contribution < 1.29 is 4.74 Å². The number of anilines is 1. The third kappa shape index (κ3) is 1.79. The summed E-state index contributed by atoms with van der Waals surface area (Å²) in [5.74, 6) is 6.28. The fraction of sp³-hybridized carbons (Fsp3) is 0.250. The van der Waals surface area contributed by atoms with E-state index in [1.54, 1.807) is 0 Å². The maximum Gasteiger partial charge on any atom is 0.145 e. The minimum Gasteiger partial charge on any atom is -0.492 e. The molecule has 0 amide bonds. The molecule has 4 nitrogen and oxygen atoms in total. The summed E-state index contributed by atoms with van der Waals surface area (Å²) in [4.78, 5) is 4.48. The normalized spacial score (nSPS) is 10.4. The number of fused-ring (bicyclic) bond motifs is 1. The molecule has 0 saturated carbocycles. The van der Waals surface area contributed by atoms with Gasteiger partial charge in [0.1, 0.15) is 11.3 Å². The van der Waals surface area contributed by atoms with E-state index < -0.39 is 0 Å². The summed E-state index contributed by atoms with van der Waals surface area (Å²) in [6.07, 6.45) is 0. The molecule has 2 rings (SSSR count). The van der Waals surface area contributed by atoms with E-state index in [0.29, 0.717) is 6.61 Å². The van der Waals surface area contributed by atoms with E-state index in [-0.39, 0.29) is 0 Å². The average Bonchev–Trinajstić information content (AvgIpc) is 2.29. The largest absolute Gasteiger partial charge is 0.492 e. The van der Waals surface area contributed by atoms with Gasteiger partial charge in [-0.2, -0.15) is 0 Å². The van der Waals surface area contributed by atoms with E-state index in [4.69, 9.17) is 10.6 Å². The number of hydrogen-bond donors (Lipinski definition) is 2. The highest BCUT2D eigenvalue weighted by Crippen LogP contribution is 2.29. The number of aromatic nitrogens is 1. The van der Waals surface area contributed by atoms with Crippen molar-refractivity contribution in [2.75, 3.05) is 12.0 Å². The number of benzene rings is 1. The second kappa shape index (κ2) is 4.37. The predicted octanol–water partition coefficient (Wildman–Crippen LogP) is 2.23. The maximum absolute atomic E-state index is 5.54. The quantitative estimate of drug-likeness (QED) is 0.611. The van der Waals surface area contributed by atoms with Gasteiger partial charge in [-0.3, -0.25) is 5.84 Å². The van der Waals surface area contributed by atoms with Crippen LogP contribution in [0.5, 0.6) is 5.75 Å². The Morgan fingerprint density at radius 3 is 2.94 bits per heavy atom. The molecule has 0 aliphatic heterocycles. The molecule has 0 spiro atoms. The van der Waals surface area contributed by atoms with Gasteiger partial charge >= 0.3 is 0 Å². The topological polar surface area (TPSA) is 60.2 Å². The Bertz CT molecular complexity index is 511. The molecule has 1 aromatic carbocycles. The molecule has 16 heavy (non-hydrogen) atoms. The predicted molar refractivity (Wildman–Crippen MR) is 65.5 cm³/mol. The number of nitrogen functional groups attached to an aromatic ring is 1. The van der Waals surface area contributed by atoms with Gasteiger partial charge in [-0.1, -0.05) is 12.1 Å². The number of nitrogens with zero attached hydrogens (tertiary/aromatic N) is 1. The Morgan fingerprint density at radius 1 is 1.44 bits per heavy atom. The maximum atomic E-state index is 5.54. The first-order valence-electron chi connectivity index (χ1n) is 5.26. The second-order valence-corrected chi connectivity index (χ2v) is 3.54. The number of para-hydroxylation sites is 1. The van der Waals surface area contributed by atoms with Crippen molar-refractivity contribution in [2.24, 2.45) is 5.84 Å². The number of nitrogens with one attached hydrogen (secondary N) is 1. The smallest absolute Gasteiger partial charge is 0.145 e. The van der Waals surface area contributed by atoms with Gasteiger partial charge in [0.25, 0.3) is 0 Å². The number of hydrazine groups is 1. The zero-order valence-electron chi connectivity index (χ0n) is 9.45. The highest BCUT2D eigenvalue weighted by molar-refractivity contribution is 5.94. The van der Waals surface area contributed by atoms with Crippen molar-refractivity contribution in [2.45, 2.75) is 13.8 Å². The molecule has 0 radical (unpaired) electrons. The summed E-state index contributed by atoms with van der Waals surface area (Å²) in [5, 5.41) is 0.971. The van der Waals surface area contributed by atoms with Crippen molar-refractivity contribution in [3.05, 3.63) is 30.0 Å². The van der Waals surface area contributed by atoms with Crippen LogP contribution in [0, 0.1) is 6.92 Å². The summed E-state index contributed by atoms with van der Waals surface area (Å²) in [6.45, 7) is 4.51. The Balaban J connectivity index is 2.71. The van der Waals surface area contributed by atoms with Gasteiger partial charge < -0.3 is 10.2 Å². The Kier molecular flexibility index (Phi) is 2.92. The minimum absolute atomic E-state index is 0.625. The van der Waals surface area contributed by atoms with E-state index in [2.05, 4.69) is 10.4 Å². The van der Waals surface area contributed by atoms with Gasteiger partial charge in [0.15, 0.2) is 0 Å². The van der Waals surface area contributed by atoms with Gasteiger partial charge in [-0.25, -0.2) is 4.98 Å². The van der Waals surface area contributed by atoms with Crippen LogP contribution in [0.25, 0.3) is 10.9 Å². The zero-order chi connectivity index (χ0) is 11.5. The van der Waals surface area contributed by atoms with E-state index >= 15 is 0 Å². The molecular weight excluding hydrogens is 202 g/mol. The summed E-state index contributed by atoms with van der Waals surface area (Å²) in [6, 6.07) is 7.74. The first-order valence-corrected chi connectivity index (χ1v) is 5.26. The van der Waals surface area contributed by atoms with Crippen molar-refractivity contribution in [3.63, 3.8) is 0 Å². The Labute approximate surface area is 94.4 Å². The van der Waals surface area contributed by atoms with Gasteiger partial charge in [0, 0.05) is 11.1 Å². The van der Waals surface area contributed by atoms with Crippen LogP contribution >= 0.6 is 0 Å². The van der Waals surface area contributed by atoms with Gasteiger partial charge in [-0.05, 0) is 26.0 Å². The lowest BCUT2D eigenvalue weighted by atomic mass is 10.1. The van der Waals surface area contributed by atoms with Gasteiger partial charge in [0.2, 0.25) is 0 Å². The molecule has 4 heteroatoms. The highest BCUT2D eigenvalue weighted by Gasteiger charge is 2.07. The SMILES string of the molecule is CCOc1cccc2c(NN)cc(C)nc12. The molecule has 0 unspecified atom stereocenters. The van der Waals surface area contributed by atoms with Crippen LogP contribution in [0.4, 0.5) is 5.69 Å². The van der Waals surface area contributed by atoms with Crippen LogP contribution in [-0.4, -0.2) is 11.6 Å². The molecule has 2 aromatic rings. The zero-order valence-corrected chi connectivity index (χ0v) is 9.45. The fourth-order valence-corrected chi connectivity index (χ4v) is 1.74. The van der Waals surface area contributed by atoms with E-state index in [0.717, 1.165) is 28.0 Å². The Hall–Kier alpha value is -1.81. The van der Waals surface area contributed by atoms with Crippen LogP contribution in [0.3, 0.4) is 0 Å². The lowest BCUT2D eigenvalue weighted by molar-refractivity contribution is 0.343. The van der Waals surface area contributed by atoms with Crippen LogP contribution < -0.4 is 16.0 Å². The monoisotopic (exact) mass is 217 g/mol. The Morgan fingerprint density at radius 2 is 2.25 bits per heavy atom. The lowest BCUT2D eigenvalue weighted by Crippen LogP contribution is -2.08. The summed E-state index contributed by atoms with van der Waals surface area (Å²) in [7, 11) is 0. The summed E-state index contributed by atoms with van der Waals surface area (Å²) < 4.78 is 5.54. The summed E-state index contributed by atoms with van der Waals surface area (Å²) in [5.41, 5.74) is 5.30. The molecule has 1 aromatic heterocycles.